The first-order valence-corrected chi connectivity index (χ1v) is 11.9. The molecule has 1 amide bonds. The van der Waals surface area contributed by atoms with Gasteiger partial charge in [0.2, 0.25) is 0 Å². The highest BCUT2D eigenvalue weighted by molar-refractivity contribution is 7.22. The topological polar surface area (TPSA) is 45.7 Å². The lowest BCUT2D eigenvalue weighted by atomic mass is 10.0. The maximum atomic E-state index is 13.5. The van der Waals surface area contributed by atoms with E-state index in [1.54, 1.807) is 12.1 Å². The molecule has 0 saturated heterocycles. The Labute approximate surface area is 208 Å². The third-order valence-electron chi connectivity index (χ3n) is 5.76. The predicted molar refractivity (Wildman–Crippen MR) is 127 cm³/mol. The maximum absolute atomic E-state index is 13.5. The Morgan fingerprint density at radius 1 is 0.972 bits per heavy atom. The van der Waals surface area contributed by atoms with Crippen molar-refractivity contribution >= 4 is 32.6 Å². The van der Waals surface area contributed by atoms with Crippen molar-refractivity contribution in [2.24, 2.45) is 0 Å². The standard InChI is InChI=1S/C24H25F6N3O2S/c1-5-32(6-2)9-10-33(22-31-19-18(35-4)8-7-14(3)20(19)36-22)21(34)15-11-16(23(25,26)27)13-17(12-15)24(28,29)30/h7-8,11-13H,5-6,9-10H2,1-4H3. The van der Waals surface area contributed by atoms with Crippen LogP contribution in [0.15, 0.2) is 30.3 Å². The molecule has 0 atom stereocenters. The summed E-state index contributed by atoms with van der Waals surface area (Å²) in [6, 6.07) is 4.39. The summed E-state index contributed by atoms with van der Waals surface area (Å²) in [6.45, 7) is 7.29. The summed E-state index contributed by atoms with van der Waals surface area (Å²) < 4.78 is 86.5. The highest BCUT2D eigenvalue weighted by atomic mass is 32.1. The van der Waals surface area contributed by atoms with Gasteiger partial charge in [0.05, 0.1) is 22.9 Å². The molecule has 0 aliphatic rings. The third kappa shape index (κ3) is 5.92. The molecule has 0 fully saturated rings. The predicted octanol–water partition coefficient (Wildman–Crippen LogP) is 6.64. The van der Waals surface area contributed by atoms with E-state index in [0.29, 0.717) is 47.7 Å². The second-order valence-corrected chi connectivity index (χ2v) is 9.01. The molecule has 196 valence electrons. The average Bonchev–Trinajstić information content (AvgIpc) is 3.26. The van der Waals surface area contributed by atoms with E-state index in [9.17, 15) is 31.1 Å². The minimum atomic E-state index is -5.07. The van der Waals surface area contributed by atoms with E-state index in [1.807, 2.05) is 25.7 Å². The van der Waals surface area contributed by atoms with Crippen LogP contribution in [0.2, 0.25) is 0 Å². The molecule has 36 heavy (non-hydrogen) atoms. The highest BCUT2D eigenvalue weighted by Gasteiger charge is 2.38. The summed E-state index contributed by atoms with van der Waals surface area (Å²) >= 11 is 1.12. The van der Waals surface area contributed by atoms with E-state index in [-0.39, 0.29) is 17.7 Å². The highest BCUT2D eigenvalue weighted by Crippen LogP contribution is 2.39. The van der Waals surface area contributed by atoms with Crippen LogP contribution in [-0.4, -0.2) is 49.1 Å². The molecule has 0 saturated carbocycles. The van der Waals surface area contributed by atoms with Gasteiger partial charge >= 0.3 is 12.4 Å². The second-order valence-electron chi connectivity index (χ2n) is 8.04. The van der Waals surface area contributed by atoms with Gasteiger partial charge < -0.3 is 9.64 Å². The molecule has 0 spiro atoms. The van der Waals surface area contributed by atoms with Gasteiger partial charge in [0.1, 0.15) is 11.3 Å². The minimum Gasteiger partial charge on any atom is -0.494 e. The van der Waals surface area contributed by atoms with Crippen molar-refractivity contribution in [1.29, 1.82) is 0 Å². The van der Waals surface area contributed by atoms with Crippen molar-refractivity contribution in [1.82, 2.24) is 9.88 Å². The van der Waals surface area contributed by atoms with Crippen LogP contribution in [0.3, 0.4) is 0 Å². The van der Waals surface area contributed by atoms with Gasteiger partial charge in [-0.05, 0) is 49.8 Å². The van der Waals surface area contributed by atoms with Crippen molar-refractivity contribution in [3.05, 3.63) is 52.6 Å². The number of aryl methyl sites for hydroxylation is 1. The summed E-state index contributed by atoms with van der Waals surface area (Å²) in [5.41, 5.74) is -2.53. The van der Waals surface area contributed by atoms with E-state index < -0.39 is 35.0 Å². The number of alkyl halides is 6. The molecule has 2 aromatic carbocycles. The van der Waals surface area contributed by atoms with Crippen LogP contribution in [0.25, 0.3) is 10.2 Å². The van der Waals surface area contributed by atoms with Crippen LogP contribution in [0.4, 0.5) is 31.5 Å². The van der Waals surface area contributed by atoms with E-state index in [4.69, 9.17) is 4.74 Å². The van der Waals surface area contributed by atoms with Crippen LogP contribution < -0.4 is 9.64 Å². The number of amides is 1. The number of thiazole rings is 1. The minimum absolute atomic E-state index is 0.00291. The van der Waals surface area contributed by atoms with Crippen molar-refractivity contribution in [2.75, 3.05) is 38.2 Å². The van der Waals surface area contributed by atoms with Gasteiger partial charge in [-0.25, -0.2) is 4.98 Å². The van der Waals surface area contributed by atoms with Crippen LogP contribution >= 0.6 is 11.3 Å². The van der Waals surface area contributed by atoms with E-state index >= 15 is 0 Å². The maximum Gasteiger partial charge on any atom is 0.416 e. The van der Waals surface area contributed by atoms with Gasteiger partial charge in [0.25, 0.3) is 5.91 Å². The molecule has 3 aromatic rings. The second kappa shape index (κ2) is 10.6. The summed E-state index contributed by atoms with van der Waals surface area (Å²) in [6.07, 6.45) is -10.1. The van der Waals surface area contributed by atoms with E-state index in [2.05, 4.69) is 4.98 Å². The van der Waals surface area contributed by atoms with Crippen molar-refractivity contribution < 1.29 is 35.9 Å². The Hall–Kier alpha value is -2.86. The molecular formula is C24H25F6N3O2S. The first-order chi connectivity index (χ1) is 16.8. The number of nitrogens with zero attached hydrogens (tertiary/aromatic N) is 3. The molecule has 0 radical (unpaired) electrons. The zero-order valence-electron chi connectivity index (χ0n) is 20.0. The lowest BCUT2D eigenvalue weighted by Crippen LogP contribution is -2.39. The van der Waals surface area contributed by atoms with Gasteiger partial charge in [0, 0.05) is 18.7 Å². The number of carbonyl (C=O) groups is 1. The third-order valence-corrected chi connectivity index (χ3v) is 6.97. The Kier molecular flexibility index (Phi) is 8.19. The number of benzene rings is 2. The molecule has 0 aliphatic carbocycles. The first-order valence-electron chi connectivity index (χ1n) is 11.1. The number of fused-ring (bicyclic) bond motifs is 1. The number of methoxy groups -OCH3 is 1. The number of ether oxygens (including phenoxy) is 1. The molecule has 3 rings (SSSR count). The number of rotatable bonds is 8. The largest absolute Gasteiger partial charge is 0.494 e. The van der Waals surface area contributed by atoms with Crippen LogP contribution in [-0.2, 0) is 12.4 Å². The number of halogens is 6. The van der Waals surface area contributed by atoms with Crippen molar-refractivity contribution in [2.45, 2.75) is 33.1 Å². The number of carbonyl (C=O) groups excluding carboxylic acids is 1. The summed E-state index contributed by atoms with van der Waals surface area (Å²) in [7, 11) is 1.45. The normalized spacial score (nSPS) is 12.4. The Morgan fingerprint density at radius 2 is 1.56 bits per heavy atom. The molecule has 1 heterocycles. The van der Waals surface area contributed by atoms with E-state index in [1.165, 1.54) is 7.11 Å². The van der Waals surface area contributed by atoms with Crippen molar-refractivity contribution in [3.63, 3.8) is 0 Å². The SMILES string of the molecule is CCN(CC)CCN(C(=O)c1cc(C(F)(F)F)cc(C(F)(F)F)c1)c1nc2c(OC)ccc(C)c2s1. The van der Waals surface area contributed by atoms with E-state index in [0.717, 1.165) is 21.8 Å². The number of anilines is 1. The Bertz CT molecular complexity index is 1200. The summed E-state index contributed by atoms with van der Waals surface area (Å²) in [4.78, 5) is 21.1. The smallest absolute Gasteiger partial charge is 0.416 e. The summed E-state index contributed by atoms with van der Waals surface area (Å²) in [5.74, 6) is -0.567. The molecule has 0 aliphatic heterocycles. The monoisotopic (exact) mass is 533 g/mol. The molecule has 12 heteroatoms. The fraction of sp³-hybridized carbons (Fsp3) is 0.417. The number of likely N-dealkylation sites (N-methyl/N-ethyl adjacent to an activating group) is 1. The van der Waals surface area contributed by atoms with Gasteiger partial charge in [-0.2, -0.15) is 26.3 Å². The Morgan fingerprint density at radius 3 is 2.06 bits per heavy atom. The van der Waals surface area contributed by atoms with Crippen LogP contribution in [0.5, 0.6) is 5.75 Å². The fourth-order valence-electron chi connectivity index (χ4n) is 3.68. The van der Waals surface area contributed by atoms with Gasteiger partial charge in [-0.15, -0.1) is 0 Å². The van der Waals surface area contributed by atoms with Gasteiger partial charge in [0.15, 0.2) is 5.13 Å². The van der Waals surface area contributed by atoms with Gasteiger partial charge in [-0.1, -0.05) is 31.3 Å². The number of hydrogen-bond acceptors (Lipinski definition) is 5. The molecule has 0 N–H and O–H groups in total. The molecule has 1 aromatic heterocycles. The van der Waals surface area contributed by atoms with Crippen LogP contribution in [0.1, 0.15) is 40.9 Å². The van der Waals surface area contributed by atoms with Crippen molar-refractivity contribution in [3.8, 4) is 5.75 Å². The Balaban J connectivity index is 2.16. The van der Waals surface area contributed by atoms with Gasteiger partial charge in [-0.3, -0.25) is 9.69 Å². The molecule has 0 bridgehead atoms. The lowest BCUT2D eigenvalue weighted by molar-refractivity contribution is -0.143. The molecule has 5 nitrogen and oxygen atoms in total. The molecular weight excluding hydrogens is 508 g/mol. The quantitative estimate of drug-likeness (QED) is 0.305. The zero-order valence-corrected chi connectivity index (χ0v) is 20.9. The number of aromatic nitrogens is 1. The fourth-order valence-corrected chi connectivity index (χ4v) is 4.75. The molecule has 0 unspecified atom stereocenters. The zero-order chi connectivity index (χ0) is 26.8. The van der Waals surface area contributed by atoms with Crippen LogP contribution in [0, 0.1) is 6.92 Å². The number of hydrogen-bond donors (Lipinski definition) is 0. The lowest BCUT2D eigenvalue weighted by Gasteiger charge is -2.25. The first kappa shape index (κ1) is 27.7. The average molecular weight is 534 g/mol. The summed E-state index contributed by atoms with van der Waals surface area (Å²) in [5, 5.41) is 0.153.